The molecule has 0 aliphatic carbocycles. The van der Waals surface area contributed by atoms with Crippen LogP contribution in [0.4, 0.5) is 5.69 Å². The lowest BCUT2D eigenvalue weighted by Gasteiger charge is -2.20. The first-order chi connectivity index (χ1) is 8.83. The molecule has 1 aromatic heterocycles. The maximum atomic E-state index is 5.43. The first kappa shape index (κ1) is 11.5. The molecule has 1 aliphatic rings. The van der Waals surface area contributed by atoms with E-state index in [4.69, 9.17) is 4.74 Å². The van der Waals surface area contributed by atoms with E-state index in [1.54, 1.807) is 0 Å². The summed E-state index contributed by atoms with van der Waals surface area (Å²) in [7, 11) is 0. The van der Waals surface area contributed by atoms with Crippen molar-refractivity contribution in [2.75, 3.05) is 18.5 Å². The van der Waals surface area contributed by atoms with Crippen molar-refractivity contribution in [2.24, 2.45) is 5.92 Å². The van der Waals surface area contributed by atoms with E-state index in [9.17, 15) is 0 Å². The van der Waals surface area contributed by atoms with Gasteiger partial charge >= 0.3 is 0 Å². The van der Waals surface area contributed by atoms with Crippen molar-refractivity contribution in [3.63, 3.8) is 0 Å². The molecule has 0 spiro atoms. The summed E-state index contributed by atoms with van der Waals surface area (Å²) in [6.45, 7) is 3.98. The molecule has 1 aliphatic heterocycles. The minimum atomic E-state index is 0.426. The summed E-state index contributed by atoms with van der Waals surface area (Å²) in [5.41, 5.74) is 2.13. The second-order valence-electron chi connectivity index (χ2n) is 4.97. The van der Waals surface area contributed by atoms with Gasteiger partial charge in [0.2, 0.25) is 0 Å². The van der Waals surface area contributed by atoms with Crippen molar-refractivity contribution in [3.05, 3.63) is 36.5 Å². The van der Waals surface area contributed by atoms with Gasteiger partial charge in [0.05, 0.1) is 24.0 Å². The van der Waals surface area contributed by atoms with Gasteiger partial charge in [0.1, 0.15) is 0 Å². The maximum Gasteiger partial charge on any atom is 0.0703 e. The Morgan fingerprint density at radius 1 is 1.39 bits per heavy atom. The topological polar surface area (TPSA) is 34.2 Å². The molecule has 0 radical (unpaired) electrons. The van der Waals surface area contributed by atoms with E-state index in [0.29, 0.717) is 12.0 Å². The van der Waals surface area contributed by atoms with Crippen molar-refractivity contribution in [1.29, 1.82) is 0 Å². The van der Waals surface area contributed by atoms with Crippen molar-refractivity contribution in [2.45, 2.75) is 19.4 Å². The number of hydrogen-bond acceptors (Lipinski definition) is 3. The summed E-state index contributed by atoms with van der Waals surface area (Å²) in [6.07, 6.45) is 3.06. The van der Waals surface area contributed by atoms with Crippen LogP contribution in [0.3, 0.4) is 0 Å². The number of benzene rings is 1. The zero-order chi connectivity index (χ0) is 12.4. The van der Waals surface area contributed by atoms with Crippen LogP contribution in [-0.4, -0.2) is 24.2 Å². The van der Waals surface area contributed by atoms with Gasteiger partial charge in [-0.3, -0.25) is 4.98 Å². The van der Waals surface area contributed by atoms with E-state index in [1.165, 1.54) is 5.39 Å². The predicted octanol–water partition coefficient (Wildman–Crippen LogP) is 3.07. The molecule has 0 bridgehead atoms. The molecule has 3 heteroatoms. The SMILES string of the molecule is CC(Nc1cnc2ccccc2c1)C1CCOC1. The smallest absolute Gasteiger partial charge is 0.0703 e. The summed E-state index contributed by atoms with van der Waals surface area (Å²) >= 11 is 0. The third-order valence-corrected chi connectivity index (χ3v) is 3.66. The molecule has 0 saturated carbocycles. The number of nitrogens with zero attached hydrogens (tertiary/aromatic N) is 1. The highest BCUT2D eigenvalue weighted by molar-refractivity contribution is 5.81. The molecular formula is C15H18N2O. The molecule has 1 fully saturated rings. The number of pyridine rings is 1. The second-order valence-corrected chi connectivity index (χ2v) is 4.97. The number of nitrogens with one attached hydrogen (secondary N) is 1. The Bertz CT molecular complexity index is 535. The third-order valence-electron chi connectivity index (χ3n) is 3.66. The lowest BCUT2D eigenvalue weighted by atomic mass is 10.0. The quantitative estimate of drug-likeness (QED) is 0.898. The Balaban J connectivity index is 1.77. The second kappa shape index (κ2) is 4.94. The van der Waals surface area contributed by atoms with Gasteiger partial charge in [0, 0.05) is 24.0 Å². The van der Waals surface area contributed by atoms with Crippen molar-refractivity contribution >= 4 is 16.6 Å². The Labute approximate surface area is 107 Å². The highest BCUT2D eigenvalue weighted by Gasteiger charge is 2.22. The van der Waals surface area contributed by atoms with Crippen LogP contribution in [0.25, 0.3) is 10.9 Å². The van der Waals surface area contributed by atoms with Crippen LogP contribution in [0.15, 0.2) is 36.5 Å². The minimum absolute atomic E-state index is 0.426. The number of para-hydroxylation sites is 1. The number of rotatable bonds is 3. The summed E-state index contributed by atoms with van der Waals surface area (Å²) in [6, 6.07) is 10.8. The Morgan fingerprint density at radius 2 is 2.28 bits per heavy atom. The molecule has 1 N–H and O–H groups in total. The van der Waals surface area contributed by atoms with E-state index in [1.807, 2.05) is 24.4 Å². The van der Waals surface area contributed by atoms with Crippen molar-refractivity contribution in [1.82, 2.24) is 4.98 Å². The van der Waals surface area contributed by atoms with E-state index >= 15 is 0 Å². The van der Waals surface area contributed by atoms with E-state index in [-0.39, 0.29) is 0 Å². The zero-order valence-corrected chi connectivity index (χ0v) is 10.6. The van der Waals surface area contributed by atoms with Gasteiger partial charge in [-0.15, -0.1) is 0 Å². The van der Waals surface area contributed by atoms with Gasteiger partial charge in [-0.25, -0.2) is 0 Å². The molecule has 1 aromatic carbocycles. The molecule has 3 nitrogen and oxygen atoms in total. The molecule has 2 atom stereocenters. The number of anilines is 1. The normalized spacial score (nSPS) is 21.1. The largest absolute Gasteiger partial charge is 0.381 e. The number of fused-ring (bicyclic) bond motifs is 1. The van der Waals surface area contributed by atoms with Crippen LogP contribution in [0.5, 0.6) is 0 Å². The monoisotopic (exact) mass is 242 g/mol. The van der Waals surface area contributed by atoms with Crippen LogP contribution in [0.2, 0.25) is 0 Å². The summed E-state index contributed by atoms with van der Waals surface area (Å²) in [4.78, 5) is 4.47. The Hall–Kier alpha value is -1.61. The number of hydrogen-bond donors (Lipinski definition) is 1. The Kier molecular flexibility index (Phi) is 3.15. The van der Waals surface area contributed by atoms with E-state index in [0.717, 1.165) is 30.8 Å². The van der Waals surface area contributed by atoms with Crippen LogP contribution < -0.4 is 5.32 Å². The average Bonchev–Trinajstić information content (AvgIpc) is 2.92. The van der Waals surface area contributed by atoms with Gasteiger partial charge in [-0.2, -0.15) is 0 Å². The maximum absolute atomic E-state index is 5.43. The van der Waals surface area contributed by atoms with Crippen LogP contribution in [-0.2, 0) is 4.74 Å². The fourth-order valence-electron chi connectivity index (χ4n) is 2.48. The summed E-state index contributed by atoms with van der Waals surface area (Å²) in [5, 5.41) is 4.71. The zero-order valence-electron chi connectivity index (χ0n) is 10.6. The lowest BCUT2D eigenvalue weighted by molar-refractivity contribution is 0.183. The van der Waals surface area contributed by atoms with Crippen LogP contribution in [0.1, 0.15) is 13.3 Å². The van der Waals surface area contributed by atoms with Gasteiger partial charge < -0.3 is 10.1 Å². The fourth-order valence-corrected chi connectivity index (χ4v) is 2.48. The van der Waals surface area contributed by atoms with Crippen molar-refractivity contribution < 1.29 is 4.74 Å². The molecule has 3 rings (SSSR count). The third kappa shape index (κ3) is 2.31. The Morgan fingerprint density at radius 3 is 3.11 bits per heavy atom. The lowest BCUT2D eigenvalue weighted by Crippen LogP contribution is -2.26. The molecule has 2 aromatic rings. The first-order valence-corrected chi connectivity index (χ1v) is 6.52. The van der Waals surface area contributed by atoms with Crippen LogP contribution in [0, 0.1) is 5.92 Å². The molecule has 18 heavy (non-hydrogen) atoms. The number of aromatic nitrogens is 1. The van der Waals surface area contributed by atoms with Gasteiger partial charge in [0.15, 0.2) is 0 Å². The molecule has 1 saturated heterocycles. The van der Waals surface area contributed by atoms with Crippen LogP contribution >= 0.6 is 0 Å². The molecule has 94 valence electrons. The summed E-state index contributed by atoms with van der Waals surface area (Å²) in [5.74, 6) is 0.608. The first-order valence-electron chi connectivity index (χ1n) is 6.52. The van der Waals surface area contributed by atoms with Crippen molar-refractivity contribution in [3.8, 4) is 0 Å². The highest BCUT2D eigenvalue weighted by atomic mass is 16.5. The number of ether oxygens (including phenoxy) is 1. The molecule has 2 heterocycles. The molecule has 0 amide bonds. The molecular weight excluding hydrogens is 224 g/mol. The average molecular weight is 242 g/mol. The van der Waals surface area contributed by atoms with E-state index in [2.05, 4.69) is 29.4 Å². The van der Waals surface area contributed by atoms with Gasteiger partial charge in [-0.05, 0) is 25.5 Å². The standard InChI is InChI=1S/C15H18N2O/c1-11(13-6-7-18-10-13)17-14-8-12-4-2-3-5-15(12)16-9-14/h2-5,8-9,11,13,17H,6-7,10H2,1H3. The summed E-state index contributed by atoms with van der Waals surface area (Å²) < 4.78 is 5.43. The highest BCUT2D eigenvalue weighted by Crippen LogP contribution is 2.22. The van der Waals surface area contributed by atoms with E-state index < -0.39 is 0 Å². The predicted molar refractivity (Wildman–Crippen MR) is 73.8 cm³/mol. The fraction of sp³-hybridized carbons (Fsp3) is 0.400. The molecule has 2 unspecified atom stereocenters. The minimum Gasteiger partial charge on any atom is -0.381 e. The van der Waals surface area contributed by atoms with Gasteiger partial charge in [0.25, 0.3) is 0 Å². The van der Waals surface area contributed by atoms with Gasteiger partial charge in [-0.1, -0.05) is 18.2 Å².